The number of esters is 1. The fourth-order valence-corrected chi connectivity index (χ4v) is 2.71. The highest BCUT2D eigenvalue weighted by molar-refractivity contribution is 7.52. The molecule has 0 radical (unpaired) electrons. The zero-order valence-corrected chi connectivity index (χ0v) is 13.5. The van der Waals surface area contributed by atoms with E-state index in [0.29, 0.717) is 0 Å². The van der Waals surface area contributed by atoms with Crippen molar-refractivity contribution in [1.82, 2.24) is 5.09 Å². The minimum Gasteiger partial charge on any atom is -0.459 e. The van der Waals surface area contributed by atoms with E-state index in [-0.39, 0.29) is 17.9 Å². The smallest absolute Gasteiger partial charge is 0.458 e. The van der Waals surface area contributed by atoms with Crippen LogP contribution in [0.4, 0.5) is 0 Å². The second-order valence-electron chi connectivity index (χ2n) is 4.44. The van der Waals surface area contributed by atoms with Crippen LogP contribution in [0.3, 0.4) is 0 Å². The molecule has 0 aromatic heterocycles. The lowest BCUT2D eigenvalue weighted by atomic mass is 10.2. The lowest BCUT2D eigenvalue weighted by Gasteiger charge is -2.22. The molecule has 0 aliphatic rings. The number of ether oxygens (including phenoxy) is 1. The molecule has 0 saturated carbocycles. The maximum Gasteiger partial charge on any atom is 0.458 e. The van der Waals surface area contributed by atoms with Crippen molar-refractivity contribution in [3.05, 3.63) is 29.8 Å². The fraction of sp³-hybridized carbons (Fsp3) is 0.533. The third kappa shape index (κ3) is 5.79. The molecular weight excluding hydrogens is 305 g/mol. The summed E-state index contributed by atoms with van der Waals surface area (Å²) in [6.45, 7) is -2.44. The number of hydrogen-bond donors (Lipinski definition) is 1. The highest BCUT2D eigenvalue weighted by Crippen LogP contribution is 2.45. The minimum absolute atomic E-state index is 0.138. The molecule has 1 aromatic carbocycles. The third-order valence-electron chi connectivity index (χ3n) is 2.22. The van der Waals surface area contributed by atoms with Crippen LogP contribution in [0.25, 0.3) is 0 Å². The van der Waals surface area contributed by atoms with Crippen LogP contribution in [0, 0.1) is 0 Å². The van der Waals surface area contributed by atoms with Gasteiger partial charge in [0.2, 0.25) is 0 Å². The van der Waals surface area contributed by atoms with Gasteiger partial charge in [0, 0.05) is 15.6 Å². The summed E-state index contributed by atoms with van der Waals surface area (Å²) in [6, 6.07) is 2.14. The van der Waals surface area contributed by atoms with E-state index in [2.05, 4.69) is 0 Å². The number of nitrogens with one attached hydrogen (secondary N) is 1. The van der Waals surface area contributed by atoms with E-state index in [0.717, 1.165) is 0 Å². The topological polar surface area (TPSA) is 73.9 Å². The summed E-state index contributed by atoms with van der Waals surface area (Å²) in [7, 11) is -4.72. The molecule has 0 bridgehead atoms. The van der Waals surface area contributed by atoms with Gasteiger partial charge in [0.15, 0.2) is 0 Å². The van der Waals surface area contributed by atoms with Crippen LogP contribution in [-0.4, -0.2) is 24.7 Å². The number of hydrogen-bond acceptors (Lipinski definition) is 5. The van der Waals surface area contributed by atoms with Gasteiger partial charge < -0.3 is 9.26 Å². The molecule has 6 nitrogen and oxygen atoms in total. The van der Waals surface area contributed by atoms with Crippen LogP contribution < -0.4 is 9.61 Å². The number of carbonyl (C=O) groups is 1. The Bertz CT molecular complexity index is 752. The van der Waals surface area contributed by atoms with Crippen LogP contribution >= 0.6 is 7.75 Å². The number of rotatable bonds is 8. The van der Waals surface area contributed by atoms with Gasteiger partial charge in [0.05, 0.1) is 12.7 Å². The zero-order valence-electron chi connectivity index (χ0n) is 19.6. The molecule has 1 unspecified atom stereocenters. The SMILES string of the molecule is [2H]C([2H])([2H])C([2H])(NP(=O)(OCC)Oc1ccccc1C(=O)OC(C)C)C([2H])([2H])[2H]. The van der Waals surface area contributed by atoms with E-state index in [9.17, 15) is 9.36 Å². The number of benzene rings is 1. The van der Waals surface area contributed by atoms with Gasteiger partial charge in [-0.05, 0) is 46.6 Å². The highest BCUT2D eigenvalue weighted by atomic mass is 31.2. The maximum atomic E-state index is 13.2. The van der Waals surface area contributed by atoms with E-state index in [4.69, 9.17) is 23.4 Å². The largest absolute Gasteiger partial charge is 0.459 e. The van der Waals surface area contributed by atoms with Gasteiger partial charge in [0.1, 0.15) is 11.3 Å². The van der Waals surface area contributed by atoms with Crippen molar-refractivity contribution in [2.75, 3.05) is 6.61 Å². The summed E-state index contributed by atoms with van der Waals surface area (Å²) in [5.74, 6) is -1.09. The molecule has 22 heavy (non-hydrogen) atoms. The molecule has 1 atom stereocenters. The first-order valence-electron chi connectivity index (χ1n) is 10.1. The van der Waals surface area contributed by atoms with Crippen LogP contribution in [0.15, 0.2) is 24.3 Å². The predicted octanol–water partition coefficient (Wildman–Crippen LogP) is 3.77. The summed E-state index contributed by atoms with van der Waals surface area (Å²) >= 11 is 0. The molecule has 0 heterocycles. The van der Waals surface area contributed by atoms with Crippen molar-refractivity contribution in [2.24, 2.45) is 0 Å². The summed E-state index contributed by atoms with van der Waals surface area (Å²) in [6.07, 6.45) is -0.459. The lowest BCUT2D eigenvalue weighted by Crippen LogP contribution is -2.24. The molecular formula is C15H24NO5P. The minimum atomic E-state index is -4.72. The molecule has 1 aromatic rings. The van der Waals surface area contributed by atoms with Crippen molar-refractivity contribution in [2.45, 2.75) is 46.6 Å². The Kier molecular flexibility index (Phi) is 3.94. The van der Waals surface area contributed by atoms with Crippen molar-refractivity contribution in [3.8, 4) is 5.75 Å². The first-order chi connectivity index (χ1) is 13.1. The molecule has 0 aliphatic carbocycles. The number of carbonyl (C=O) groups excluding carboxylic acids is 1. The molecule has 0 spiro atoms. The van der Waals surface area contributed by atoms with Gasteiger partial charge in [-0.2, -0.15) is 0 Å². The Labute approximate surface area is 141 Å². The van der Waals surface area contributed by atoms with Crippen LogP contribution in [0.5, 0.6) is 5.75 Å². The van der Waals surface area contributed by atoms with E-state index in [1.807, 2.05) is 0 Å². The van der Waals surface area contributed by atoms with Crippen LogP contribution in [-0.2, 0) is 13.8 Å². The van der Waals surface area contributed by atoms with E-state index >= 15 is 0 Å². The molecule has 0 amide bonds. The zero-order chi connectivity index (χ0) is 22.7. The molecule has 1 rings (SSSR count). The molecule has 0 saturated heterocycles. The second-order valence-corrected chi connectivity index (χ2v) is 6.10. The molecule has 1 N–H and O–H groups in total. The summed E-state index contributed by atoms with van der Waals surface area (Å²) < 4.78 is 81.1. The average molecular weight is 336 g/mol. The van der Waals surface area contributed by atoms with E-state index < -0.39 is 39.5 Å². The summed E-state index contributed by atoms with van der Waals surface area (Å²) in [5.41, 5.74) is -0.138. The maximum absolute atomic E-state index is 13.2. The number of para-hydroxylation sites is 1. The van der Waals surface area contributed by atoms with E-state index in [1.54, 1.807) is 18.9 Å². The van der Waals surface area contributed by atoms with Crippen molar-refractivity contribution < 1.29 is 32.7 Å². The van der Waals surface area contributed by atoms with Gasteiger partial charge in [-0.15, -0.1) is 0 Å². The Hall–Kier alpha value is -1.36. The monoisotopic (exact) mass is 336 g/mol. The van der Waals surface area contributed by atoms with Gasteiger partial charge in [0.25, 0.3) is 0 Å². The second kappa shape index (κ2) is 8.32. The highest BCUT2D eigenvalue weighted by Gasteiger charge is 2.29. The molecule has 124 valence electrons. The normalized spacial score (nSPS) is 20.3. The van der Waals surface area contributed by atoms with Crippen LogP contribution in [0.1, 0.15) is 54.4 Å². The van der Waals surface area contributed by atoms with Gasteiger partial charge in [-0.25, -0.2) is 14.4 Å². The molecule has 0 fully saturated rings. The predicted molar refractivity (Wildman–Crippen MR) is 85.1 cm³/mol. The molecule has 7 heteroatoms. The quantitative estimate of drug-likeness (QED) is 0.575. The van der Waals surface area contributed by atoms with Gasteiger partial charge in [-0.1, -0.05) is 12.1 Å². The lowest BCUT2D eigenvalue weighted by molar-refractivity contribution is 0.0376. The average Bonchev–Trinajstić information content (AvgIpc) is 2.52. The van der Waals surface area contributed by atoms with Crippen molar-refractivity contribution in [1.29, 1.82) is 0 Å². The van der Waals surface area contributed by atoms with E-state index in [1.165, 1.54) is 31.2 Å². The Morgan fingerprint density at radius 2 is 2.09 bits per heavy atom. The standard InChI is InChI=1S/C15H24NO5P/c1-6-19-22(18,16-11(2)3)21-14-10-8-7-9-13(14)15(17)20-12(4)5/h7-12H,6H2,1-5H3,(H,16,18)/i2D3,3D3,11D. The fourth-order valence-electron chi connectivity index (χ4n) is 1.51. The Morgan fingerprint density at radius 3 is 2.68 bits per heavy atom. The Balaban J connectivity index is 3.38. The molecule has 0 aliphatic heterocycles. The van der Waals surface area contributed by atoms with Gasteiger partial charge >= 0.3 is 13.7 Å². The summed E-state index contributed by atoms with van der Waals surface area (Å²) in [4.78, 5) is 12.3. The Morgan fingerprint density at radius 1 is 1.41 bits per heavy atom. The van der Waals surface area contributed by atoms with Crippen molar-refractivity contribution in [3.63, 3.8) is 0 Å². The van der Waals surface area contributed by atoms with Crippen LogP contribution in [0.2, 0.25) is 0 Å². The first kappa shape index (κ1) is 10.4. The van der Waals surface area contributed by atoms with Gasteiger partial charge in [-0.3, -0.25) is 4.52 Å². The first-order valence-corrected chi connectivity index (χ1v) is 8.14. The summed E-state index contributed by atoms with van der Waals surface area (Å²) in [5, 5.41) is 1.74. The third-order valence-corrected chi connectivity index (χ3v) is 3.75. The van der Waals surface area contributed by atoms with Crippen molar-refractivity contribution >= 4 is 13.7 Å².